The Morgan fingerprint density at radius 3 is 2.58 bits per heavy atom. The Balaban J connectivity index is 1.26. The largest absolute Gasteiger partial charge is 0.496 e. The molecule has 7 rings (SSSR count). The summed E-state index contributed by atoms with van der Waals surface area (Å²) in [5.41, 5.74) is 2.42. The molecule has 3 N–H and O–H groups in total. The van der Waals surface area contributed by atoms with Crippen LogP contribution in [0.4, 0.5) is 5.69 Å². The van der Waals surface area contributed by atoms with Crippen LogP contribution in [-0.4, -0.2) is 84.6 Å². The molecule has 2 aromatic carbocycles. The van der Waals surface area contributed by atoms with Gasteiger partial charge < -0.3 is 25.0 Å². The zero-order valence-corrected chi connectivity index (χ0v) is 34.5. The van der Waals surface area contributed by atoms with Gasteiger partial charge in [-0.3, -0.25) is 19.1 Å². The molecule has 0 bridgehead atoms. The van der Waals surface area contributed by atoms with E-state index in [1.54, 1.807) is 12.0 Å². The number of benzene rings is 2. The number of allylic oxidation sites excluding steroid dienone is 1. The van der Waals surface area contributed by atoms with Crippen LogP contribution in [0.5, 0.6) is 11.5 Å². The minimum atomic E-state index is -3.91. The van der Waals surface area contributed by atoms with Crippen molar-refractivity contribution in [1.82, 2.24) is 24.9 Å². The predicted molar refractivity (Wildman–Crippen MR) is 221 cm³/mol. The van der Waals surface area contributed by atoms with E-state index in [9.17, 15) is 22.8 Å². The van der Waals surface area contributed by atoms with Crippen LogP contribution in [0.15, 0.2) is 66.1 Å². The Morgan fingerprint density at radius 1 is 1.07 bits per heavy atom. The van der Waals surface area contributed by atoms with Gasteiger partial charge in [0.2, 0.25) is 21.8 Å². The first-order valence-electron chi connectivity index (χ1n) is 19.5. The zero-order chi connectivity index (χ0) is 40.5. The predicted octanol–water partition coefficient (Wildman–Crippen LogP) is 6.10. The topological polar surface area (TPSA) is 169 Å². The monoisotopic (exact) mass is 814 g/mol. The summed E-state index contributed by atoms with van der Waals surface area (Å²) in [4.78, 5) is 54.3. The quantitative estimate of drug-likeness (QED) is 0.168. The van der Waals surface area contributed by atoms with Crippen LogP contribution in [0.3, 0.4) is 0 Å². The molecular formula is C42H50N6O7S2. The fourth-order valence-corrected chi connectivity index (χ4v) is 9.28. The molecule has 1 saturated carbocycles. The SMILES string of the molecule is COc1ccc2c(O[C@@H]3C[C@H]4C(=O)N[C@]5(C(=O)NS(C)(=O)=O)C[C@@H]5/C=C\CCCCC[C@H](Nc5ccccc5)C(=O)N4C3)cc(-c3nc(C(C)C)cs3)nc2c1C. The number of anilines is 1. The van der Waals surface area contributed by atoms with Crippen molar-refractivity contribution in [3.05, 3.63) is 77.3 Å². The highest BCUT2D eigenvalue weighted by molar-refractivity contribution is 7.89. The number of aromatic nitrogens is 2. The Morgan fingerprint density at radius 2 is 1.86 bits per heavy atom. The number of para-hydroxylation sites is 1. The number of carbonyl (C=O) groups excluding carboxylic acids is 3. The van der Waals surface area contributed by atoms with E-state index in [1.165, 1.54) is 11.3 Å². The fourth-order valence-electron chi connectivity index (χ4n) is 7.82. The summed E-state index contributed by atoms with van der Waals surface area (Å²) in [5.74, 6) is -0.570. The number of hydrogen-bond donors (Lipinski definition) is 3. The summed E-state index contributed by atoms with van der Waals surface area (Å²) < 4.78 is 39.0. The lowest BCUT2D eigenvalue weighted by Gasteiger charge is -2.30. The summed E-state index contributed by atoms with van der Waals surface area (Å²) in [6.45, 7) is 6.21. The number of aryl methyl sites for hydroxylation is 1. The van der Waals surface area contributed by atoms with Gasteiger partial charge in [0.25, 0.3) is 5.91 Å². The fraction of sp³-hybridized carbons (Fsp3) is 0.452. The number of thiazole rings is 1. The molecule has 302 valence electrons. The number of ether oxygens (including phenoxy) is 2. The number of methoxy groups -OCH3 is 1. The van der Waals surface area contributed by atoms with Gasteiger partial charge in [-0.25, -0.2) is 18.4 Å². The average Bonchev–Trinajstić information content (AvgIpc) is 3.46. The van der Waals surface area contributed by atoms with Gasteiger partial charge in [0.05, 0.1) is 31.1 Å². The maximum atomic E-state index is 14.8. The smallest absolute Gasteiger partial charge is 0.259 e. The summed E-state index contributed by atoms with van der Waals surface area (Å²) in [5, 5.41) is 9.86. The number of rotatable bonds is 9. The number of fused-ring (bicyclic) bond motifs is 3. The molecule has 0 spiro atoms. The molecule has 1 saturated heterocycles. The number of carbonyl (C=O) groups is 3. The number of amides is 3. The average molecular weight is 815 g/mol. The number of nitrogens with zero attached hydrogens (tertiary/aromatic N) is 3. The molecule has 5 atom stereocenters. The summed E-state index contributed by atoms with van der Waals surface area (Å²) in [7, 11) is -2.30. The van der Waals surface area contributed by atoms with Crippen LogP contribution in [-0.2, 0) is 24.4 Å². The Labute approximate surface area is 337 Å². The summed E-state index contributed by atoms with van der Waals surface area (Å²) in [6, 6.07) is 13.5. The van der Waals surface area contributed by atoms with Crippen LogP contribution in [0.2, 0.25) is 0 Å². The van der Waals surface area contributed by atoms with Crippen LogP contribution < -0.4 is 24.8 Å². The van der Waals surface area contributed by atoms with Crippen molar-refractivity contribution in [2.75, 3.05) is 25.2 Å². The normalized spacial score (nSPS) is 24.8. The van der Waals surface area contributed by atoms with Crippen molar-refractivity contribution >= 4 is 55.7 Å². The molecule has 3 aliphatic rings. The third-order valence-corrected chi connectivity index (χ3v) is 12.5. The highest BCUT2D eigenvalue weighted by Gasteiger charge is 2.61. The first-order chi connectivity index (χ1) is 27.3. The second-order valence-corrected chi connectivity index (χ2v) is 18.2. The van der Waals surface area contributed by atoms with Gasteiger partial charge in [-0.2, -0.15) is 0 Å². The van der Waals surface area contributed by atoms with Crippen molar-refractivity contribution in [2.45, 2.75) is 95.4 Å². The highest BCUT2D eigenvalue weighted by atomic mass is 32.2. The van der Waals surface area contributed by atoms with Crippen molar-refractivity contribution < 1.29 is 32.3 Å². The van der Waals surface area contributed by atoms with E-state index in [2.05, 4.69) is 29.2 Å². The number of hydrogen-bond acceptors (Lipinski definition) is 11. The lowest BCUT2D eigenvalue weighted by molar-refractivity contribution is -0.140. The highest BCUT2D eigenvalue weighted by Crippen LogP contribution is 2.46. The zero-order valence-electron chi connectivity index (χ0n) is 32.9. The van der Waals surface area contributed by atoms with Crippen LogP contribution in [0, 0.1) is 12.8 Å². The number of pyridine rings is 1. The maximum Gasteiger partial charge on any atom is 0.259 e. The van der Waals surface area contributed by atoms with E-state index in [-0.39, 0.29) is 31.2 Å². The second kappa shape index (κ2) is 16.5. The molecule has 3 amide bonds. The van der Waals surface area contributed by atoms with Crippen molar-refractivity contribution in [1.29, 1.82) is 0 Å². The van der Waals surface area contributed by atoms with Crippen molar-refractivity contribution in [3.8, 4) is 22.2 Å². The van der Waals surface area contributed by atoms with E-state index in [0.717, 1.165) is 59.3 Å². The molecule has 0 unspecified atom stereocenters. The van der Waals surface area contributed by atoms with Gasteiger partial charge in [0.15, 0.2) is 0 Å². The van der Waals surface area contributed by atoms with Gasteiger partial charge in [-0.1, -0.05) is 57.0 Å². The minimum Gasteiger partial charge on any atom is -0.496 e. The van der Waals surface area contributed by atoms with Gasteiger partial charge in [-0.05, 0) is 62.8 Å². The van der Waals surface area contributed by atoms with Gasteiger partial charge >= 0.3 is 0 Å². The first-order valence-corrected chi connectivity index (χ1v) is 22.3. The van der Waals surface area contributed by atoms with E-state index in [0.29, 0.717) is 29.1 Å². The van der Waals surface area contributed by atoms with Gasteiger partial charge in [0.1, 0.15) is 45.9 Å². The van der Waals surface area contributed by atoms with E-state index in [1.807, 2.05) is 73.0 Å². The van der Waals surface area contributed by atoms with Crippen molar-refractivity contribution in [2.24, 2.45) is 5.92 Å². The summed E-state index contributed by atoms with van der Waals surface area (Å²) in [6.07, 6.45) is 8.36. The number of sulfonamides is 1. The van der Waals surface area contributed by atoms with Gasteiger partial charge in [-0.15, -0.1) is 11.3 Å². The Bertz CT molecular complexity index is 2300. The second-order valence-electron chi connectivity index (χ2n) is 15.6. The molecule has 57 heavy (non-hydrogen) atoms. The van der Waals surface area contributed by atoms with Gasteiger partial charge in [0, 0.05) is 40.4 Å². The first kappa shape index (κ1) is 40.2. The van der Waals surface area contributed by atoms with Crippen LogP contribution >= 0.6 is 11.3 Å². The molecule has 0 radical (unpaired) electrons. The van der Waals surface area contributed by atoms with Crippen LogP contribution in [0.1, 0.15) is 76.0 Å². The lowest BCUT2D eigenvalue weighted by atomic mass is 10.0. The molecular weight excluding hydrogens is 765 g/mol. The molecule has 2 fully saturated rings. The third-order valence-electron chi connectivity index (χ3n) is 11.0. The molecule has 1 aliphatic carbocycles. The molecule has 4 aromatic rings. The standard InChI is InChI=1S/C42H50N6O7S2/c1-25(2)33-24-56-39(45-33)32-21-36(30-18-19-35(54-4)26(3)37(30)44-32)55-29-20-34-38(49)46-42(41(51)47-57(5,52)53)22-27(42)14-10-7-6-8-13-17-31(40(50)48(34)23-29)43-28-15-11-9-12-16-28/h9-12,14-16,18-19,21,24-25,27,29,31,34,43H,6-8,13,17,20,22-23H2,1-5H3,(H,46,49)(H,47,51)/b14-10-/t27-,29+,31-,34-,42+/m0/s1. The van der Waals surface area contributed by atoms with Crippen molar-refractivity contribution in [3.63, 3.8) is 0 Å². The van der Waals surface area contributed by atoms with E-state index in [4.69, 9.17) is 19.4 Å². The minimum absolute atomic E-state index is 0.0960. The maximum absolute atomic E-state index is 14.8. The Hall–Kier alpha value is -5.02. The van der Waals surface area contributed by atoms with Crippen LogP contribution in [0.25, 0.3) is 21.6 Å². The summed E-state index contributed by atoms with van der Waals surface area (Å²) >= 11 is 1.50. The Kier molecular flexibility index (Phi) is 11.6. The molecule has 4 heterocycles. The molecule has 2 aromatic heterocycles. The lowest BCUT2D eigenvalue weighted by Crippen LogP contribution is -2.57. The molecule has 2 aliphatic heterocycles. The molecule has 13 nitrogen and oxygen atoms in total. The third kappa shape index (κ3) is 8.79. The molecule has 15 heteroatoms. The number of nitrogens with one attached hydrogen (secondary N) is 3. The van der Waals surface area contributed by atoms with E-state index >= 15 is 0 Å². The van der Waals surface area contributed by atoms with E-state index < -0.39 is 51.5 Å².